The summed E-state index contributed by atoms with van der Waals surface area (Å²) in [5, 5.41) is 25.2. The zero-order valence-electron chi connectivity index (χ0n) is 28.2. The maximum Gasteiger partial charge on any atom is 0.253 e. The predicted molar refractivity (Wildman–Crippen MR) is 197 cm³/mol. The van der Waals surface area contributed by atoms with Crippen molar-refractivity contribution in [3.8, 4) is 5.75 Å². The van der Waals surface area contributed by atoms with Crippen molar-refractivity contribution in [1.82, 2.24) is 20.2 Å². The van der Waals surface area contributed by atoms with E-state index in [2.05, 4.69) is 64.1 Å². The number of rotatable bonds is 3. The second-order valence-corrected chi connectivity index (χ2v) is 14.5. The SMILES string of the molecule is O=C(c1cccc(C2C=c3c(ccc4c3ccc3c(=c5ccc6nccc7c6c5CNN=7)cc(O)cc34)CC2)c1)N1CCN(C(=O)C2CC2)CC1. The van der Waals surface area contributed by atoms with Crippen molar-refractivity contribution in [3.63, 3.8) is 0 Å². The summed E-state index contributed by atoms with van der Waals surface area (Å²) in [5.41, 5.74) is 8.40. The van der Waals surface area contributed by atoms with E-state index in [9.17, 15) is 14.7 Å². The molecule has 1 unspecified atom stereocenters. The van der Waals surface area contributed by atoms with E-state index in [1.165, 1.54) is 16.2 Å². The van der Waals surface area contributed by atoms with Gasteiger partial charge in [0, 0.05) is 55.2 Å². The number of aromatic hydroxyl groups is 1. The molecule has 5 aromatic carbocycles. The monoisotopic (exact) mass is 671 g/mol. The van der Waals surface area contributed by atoms with Crippen molar-refractivity contribution < 1.29 is 14.7 Å². The Hall–Kier alpha value is -5.76. The molecule has 8 nitrogen and oxygen atoms in total. The van der Waals surface area contributed by atoms with Gasteiger partial charge in [-0.05, 0) is 116 Å². The summed E-state index contributed by atoms with van der Waals surface area (Å²) in [6.45, 7) is 2.98. The second kappa shape index (κ2) is 11.7. The van der Waals surface area contributed by atoms with Crippen molar-refractivity contribution >= 4 is 50.3 Å². The third kappa shape index (κ3) is 5.03. The van der Waals surface area contributed by atoms with Crippen LogP contribution in [-0.2, 0) is 17.8 Å². The maximum atomic E-state index is 13.6. The zero-order valence-corrected chi connectivity index (χ0v) is 28.2. The minimum atomic E-state index is 0.0392. The predicted octanol–water partition coefficient (Wildman–Crippen LogP) is 5.38. The summed E-state index contributed by atoms with van der Waals surface area (Å²) < 4.78 is 0. The van der Waals surface area contributed by atoms with Crippen molar-refractivity contribution in [2.45, 2.75) is 38.1 Å². The van der Waals surface area contributed by atoms with Gasteiger partial charge < -0.3 is 20.3 Å². The third-order valence-electron chi connectivity index (χ3n) is 11.4. The topological polar surface area (TPSA) is 98.1 Å². The fourth-order valence-electron chi connectivity index (χ4n) is 8.64. The average Bonchev–Trinajstić information content (AvgIpc) is 4.03. The molecular weight excluding hydrogens is 635 g/mol. The van der Waals surface area contributed by atoms with Crippen molar-refractivity contribution in [2.24, 2.45) is 11.0 Å². The lowest BCUT2D eigenvalue weighted by molar-refractivity contribution is -0.134. The van der Waals surface area contributed by atoms with Crippen LogP contribution < -0.4 is 16.0 Å². The summed E-state index contributed by atoms with van der Waals surface area (Å²) in [4.78, 5) is 34.6. The number of fused-ring (bicyclic) bond motifs is 5. The zero-order chi connectivity index (χ0) is 34.2. The Kier molecular flexibility index (Phi) is 6.88. The van der Waals surface area contributed by atoms with Gasteiger partial charge in [0.2, 0.25) is 5.91 Å². The smallest absolute Gasteiger partial charge is 0.253 e. The molecule has 51 heavy (non-hydrogen) atoms. The molecule has 8 heteroatoms. The number of benzene rings is 5. The molecule has 2 fully saturated rings. The molecule has 2 amide bonds. The van der Waals surface area contributed by atoms with Crippen LogP contribution in [0.3, 0.4) is 0 Å². The van der Waals surface area contributed by atoms with E-state index in [1.54, 1.807) is 6.20 Å². The molecule has 0 radical (unpaired) electrons. The van der Waals surface area contributed by atoms with E-state index in [4.69, 9.17) is 0 Å². The highest BCUT2D eigenvalue weighted by atomic mass is 16.3. The lowest BCUT2D eigenvalue weighted by Gasteiger charge is -2.35. The number of hydrogen-bond donors (Lipinski definition) is 2. The van der Waals surface area contributed by atoms with Crippen LogP contribution in [-0.4, -0.2) is 57.9 Å². The Morgan fingerprint density at radius 1 is 0.784 bits per heavy atom. The van der Waals surface area contributed by atoms with E-state index in [0.29, 0.717) is 38.3 Å². The third-order valence-corrected chi connectivity index (χ3v) is 11.4. The van der Waals surface area contributed by atoms with Crippen LogP contribution in [0, 0.1) is 16.4 Å². The van der Waals surface area contributed by atoms with Gasteiger partial charge in [-0.2, -0.15) is 5.10 Å². The number of phenolic OH excluding ortho intramolecular Hbond substituents is 1. The maximum absolute atomic E-state index is 13.6. The van der Waals surface area contributed by atoms with Gasteiger partial charge in [0.25, 0.3) is 5.91 Å². The summed E-state index contributed by atoms with van der Waals surface area (Å²) >= 11 is 0. The molecule has 2 N–H and O–H groups in total. The van der Waals surface area contributed by atoms with Crippen LogP contribution in [0.5, 0.6) is 5.75 Å². The van der Waals surface area contributed by atoms with E-state index in [-0.39, 0.29) is 29.4 Å². The summed E-state index contributed by atoms with van der Waals surface area (Å²) in [7, 11) is 0. The Morgan fingerprint density at radius 2 is 1.61 bits per heavy atom. The quantitative estimate of drug-likeness (QED) is 0.247. The standard InChI is InChI=1S/C43H37N5O3/c49-30-22-36-32-9-8-25-4-7-28(27-2-1-3-29(20-27)43(51)48-18-16-47(17-19-48)42(50)26-5-6-26)21-35(25)31(32)10-11-33(36)37(23-30)34-12-13-39-41-38(34)24-45-46-40(41)14-15-44-39/h1-3,8-15,20-23,26,28,45,49H,4-7,16-19,24H2. The number of amides is 2. The minimum Gasteiger partial charge on any atom is -0.508 e. The van der Waals surface area contributed by atoms with Crippen LogP contribution in [0.2, 0.25) is 0 Å². The number of carbonyl (C=O) groups excluding carboxylic acids is 2. The first kappa shape index (κ1) is 30.1. The van der Waals surface area contributed by atoms with E-state index >= 15 is 0 Å². The Balaban J connectivity index is 1.04. The van der Waals surface area contributed by atoms with Gasteiger partial charge in [-0.25, -0.2) is 0 Å². The van der Waals surface area contributed by atoms with Gasteiger partial charge in [-0.1, -0.05) is 48.5 Å². The van der Waals surface area contributed by atoms with Gasteiger partial charge in [0.15, 0.2) is 0 Å². The van der Waals surface area contributed by atoms with E-state index in [1.807, 2.05) is 46.2 Å². The molecule has 1 saturated carbocycles. The Labute approximate surface area is 294 Å². The Morgan fingerprint density at radius 3 is 2.47 bits per heavy atom. The number of carbonyl (C=O) groups is 2. The number of piperazine rings is 1. The number of phenols is 1. The van der Waals surface area contributed by atoms with Crippen molar-refractivity contribution in [2.75, 3.05) is 26.2 Å². The lowest BCUT2D eigenvalue weighted by Crippen LogP contribution is -2.51. The van der Waals surface area contributed by atoms with Gasteiger partial charge in [-0.3, -0.25) is 14.6 Å². The molecule has 1 aromatic heterocycles. The first-order valence-corrected chi connectivity index (χ1v) is 18.1. The minimum absolute atomic E-state index is 0.0392. The van der Waals surface area contributed by atoms with Crippen LogP contribution in [0.1, 0.15) is 52.2 Å². The van der Waals surface area contributed by atoms with Crippen molar-refractivity contribution in [3.05, 3.63) is 128 Å². The van der Waals surface area contributed by atoms with Gasteiger partial charge >= 0.3 is 0 Å². The Bertz CT molecular complexity index is 2700. The fourth-order valence-corrected chi connectivity index (χ4v) is 8.64. The number of hydrogen-bond acceptors (Lipinski definition) is 6. The highest BCUT2D eigenvalue weighted by Crippen LogP contribution is 2.34. The molecule has 2 aliphatic carbocycles. The highest BCUT2D eigenvalue weighted by Gasteiger charge is 2.35. The molecule has 0 spiro atoms. The van der Waals surface area contributed by atoms with Gasteiger partial charge in [-0.15, -0.1) is 0 Å². The number of nitrogens with one attached hydrogen (secondary N) is 1. The number of nitrogens with zero attached hydrogens (tertiary/aromatic N) is 4. The largest absolute Gasteiger partial charge is 0.508 e. The molecule has 0 bridgehead atoms. The first-order chi connectivity index (χ1) is 25.0. The van der Waals surface area contributed by atoms with E-state index in [0.717, 1.165) is 79.7 Å². The fraction of sp³-hybridized carbons (Fsp3) is 0.256. The molecular formula is C43H37N5O3. The van der Waals surface area contributed by atoms with Gasteiger partial charge in [0.05, 0.1) is 17.4 Å². The van der Waals surface area contributed by atoms with Crippen LogP contribution in [0.25, 0.3) is 38.5 Å². The number of pyridine rings is 1. The highest BCUT2D eigenvalue weighted by molar-refractivity contribution is 6.08. The molecule has 1 atom stereocenters. The van der Waals surface area contributed by atoms with Crippen molar-refractivity contribution in [1.29, 1.82) is 0 Å². The number of aryl methyl sites for hydroxylation is 1. The summed E-state index contributed by atoms with van der Waals surface area (Å²) in [6.07, 6.45) is 8.09. The molecule has 2 aliphatic heterocycles. The molecule has 6 aromatic rings. The van der Waals surface area contributed by atoms with Crippen LogP contribution in [0.4, 0.5) is 0 Å². The van der Waals surface area contributed by atoms with Crippen LogP contribution >= 0.6 is 0 Å². The number of aromatic nitrogens is 1. The summed E-state index contributed by atoms with van der Waals surface area (Å²) in [5.74, 6) is 0.914. The first-order valence-electron chi connectivity index (χ1n) is 18.1. The van der Waals surface area contributed by atoms with E-state index < -0.39 is 0 Å². The molecule has 252 valence electrons. The summed E-state index contributed by atoms with van der Waals surface area (Å²) in [6, 6.07) is 26.8. The molecule has 1 saturated heterocycles. The molecule has 4 aliphatic rings. The lowest BCUT2D eigenvalue weighted by atomic mass is 9.83. The average molecular weight is 672 g/mol. The normalized spacial score (nSPS) is 18.9. The van der Waals surface area contributed by atoms with Crippen LogP contribution in [0.15, 0.2) is 90.2 Å². The molecule has 3 heterocycles. The second-order valence-electron chi connectivity index (χ2n) is 14.5. The van der Waals surface area contributed by atoms with Gasteiger partial charge in [0.1, 0.15) is 5.75 Å². The molecule has 10 rings (SSSR count).